The van der Waals surface area contributed by atoms with Crippen LogP contribution in [0.3, 0.4) is 0 Å². The second kappa shape index (κ2) is 5.74. The van der Waals surface area contributed by atoms with Crippen molar-refractivity contribution in [2.24, 2.45) is 5.41 Å². The molecule has 122 valence electrons. The SMILES string of the molecule is CCCn1cnnc1C1CN(C(=O)c2cccs2)CC12CCC2. The molecule has 4 rings (SSSR count). The lowest BCUT2D eigenvalue weighted by Gasteiger charge is -2.42. The maximum atomic E-state index is 12.8. The number of likely N-dealkylation sites (tertiary alicyclic amines) is 1. The van der Waals surface area contributed by atoms with Crippen LogP contribution in [0.5, 0.6) is 0 Å². The van der Waals surface area contributed by atoms with E-state index in [1.165, 1.54) is 30.6 Å². The van der Waals surface area contributed by atoms with E-state index in [4.69, 9.17) is 0 Å². The van der Waals surface area contributed by atoms with Crippen molar-refractivity contribution in [1.82, 2.24) is 19.7 Å². The molecule has 1 atom stereocenters. The van der Waals surface area contributed by atoms with E-state index in [0.29, 0.717) is 5.92 Å². The zero-order valence-corrected chi connectivity index (χ0v) is 14.3. The number of hydrogen-bond donors (Lipinski definition) is 0. The highest BCUT2D eigenvalue weighted by molar-refractivity contribution is 7.12. The number of carbonyl (C=O) groups is 1. The number of aromatic nitrogens is 3. The van der Waals surface area contributed by atoms with Crippen LogP contribution in [0, 0.1) is 5.41 Å². The third-order valence-corrected chi connectivity index (χ3v) is 6.30. The highest BCUT2D eigenvalue weighted by atomic mass is 32.1. The first-order chi connectivity index (χ1) is 11.2. The number of thiophene rings is 1. The van der Waals surface area contributed by atoms with Crippen LogP contribution in [0.25, 0.3) is 0 Å². The summed E-state index contributed by atoms with van der Waals surface area (Å²) in [4.78, 5) is 15.6. The molecule has 0 N–H and O–H groups in total. The van der Waals surface area contributed by atoms with Crippen LogP contribution in [0.2, 0.25) is 0 Å². The predicted octanol–water partition coefficient (Wildman–Crippen LogP) is 3.16. The number of carbonyl (C=O) groups excluding carboxylic acids is 1. The highest BCUT2D eigenvalue weighted by Crippen LogP contribution is 2.55. The van der Waals surface area contributed by atoms with Crippen molar-refractivity contribution < 1.29 is 4.79 Å². The molecule has 23 heavy (non-hydrogen) atoms. The van der Waals surface area contributed by atoms with Gasteiger partial charge in [0.25, 0.3) is 5.91 Å². The maximum Gasteiger partial charge on any atom is 0.263 e. The molecule has 2 aromatic heterocycles. The summed E-state index contributed by atoms with van der Waals surface area (Å²) in [7, 11) is 0. The molecule has 2 aliphatic rings. The first-order valence-electron chi connectivity index (χ1n) is 8.44. The van der Waals surface area contributed by atoms with Gasteiger partial charge in [0, 0.05) is 25.6 Å². The molecule has 1 saturated carbocycles. The van der Waals surface area contributed by atoms with Gasteiger partial charge in [-0.05, 0) is 36.1 Å². The molecule has 0 bridgehead atoms. The van der Waals surface area contributed by atoms with Crippen LogP contribution < -0.4 is 0 Å². The lowest BCUT2D eigenvalue weighted by molar-refractivity contribution is 0.0727. The number of amides is 1. The molecule has 1 saturated heterocycles. The predicted molar refractivity (Wildman–Crippen MR) is 89.6 cm³/mol. The fraction of sp³-hybridized carbons (Fsp3) is 0.588. The number of hydrogen-bond acceptors (Lipinski definition) is 4. The highest BCUT2D eigenvalue weighted by Gasteiger charge is 2.53. The second-order valence-corrected chi connectivity index (χ2v) is 7.76. The molecule has 0 radical (unpaired) electrons. The summed E-state index contributed by atoms with van der Waals surface area (Å²) < 4.78 is 2.18. The molecular weight excluding hydrogens is 308 g/mol. The Morgan fingerprint density at radius 1 is 1.48 bits per heavy atom. The van der Waals surface area contributed by atoms with Crippen LogP contribution in [-0.2, 0) is 6.54 Å². The quantitative estimate of drug-likeness (QED) is 0.865. The topological polar surface area (TPSA) is 51.0 Å². The molecule has 5 nitrogen and oxygen atoms in total. The van der Waals surface area contributed by atoms with Crippen LogP contribution >= 0.6 is 11.3 Å². The van der Waals surface area contributed by atoms with Gasteiger partial charge in [-0.1, -0.05) is 19.4 Å². The minimum absolute atomic E-state index is 0.176. The Morgan fingerprint density at radius 3 is 3.00 bits per heavy atom. The Morgan fingerprint density at radius 2 is 2.35 bits per heavy atom. The summed E-state index contributed by atoms with van der Waals surface area (Å²) in [6, 6.07) is 3.87. The molecule has 1 aliphatic heterocycles. The molecule has 1 unspecified atom stereocenters. The lowest BCUT2D eigenvalue weighted by Crippen LogP contribution is -2.38. The summed E-state index contributed by atoms with van der Waals surface area (Å²) in [5.41, 5.74) is 0.228. The fourth-order valence-electron chi connectivity index (χ4n) is 4.12. The van der Waals surface area contributed by atoms with Crippen molar-refractivity contribution in [3.63, 3.8) is 0 Å². The summed E-state index contributed by atoms with van der Waals surface area (Å²) in [5.74, 6) is 1.58. The summed E-state index contributed by atoms with van der Waals surface area (Å²) in [6.07, 6.45) is 6.58. The van der Waals surface area contributed by atoms with Gasteiger partial charge < -0.3 is 9.47 Å². The van der Waals surface area contributed by atoms with Crippen molar-refractivity contribution in [1.29, 1.82) is 0 Å². The van der Waals surface area contributed by atoms with E-state index in [2.05, 4.69) is 21.7 Å². The van der Waals surface area contributed by atoms with Crippen molar-refractivity contribution in [2.75, 3.05) is 13.1 Å². The first-order valence-corrected chi connectivity index (χ1v) is 9.32. The van der Waals surface area contributed by atoms with Crippen LogP contribution in [0.4, 0.5) is 0 Å². The summed E-state index contributed by atoms with van der Waals surface area (Å²) in [6.45, 7) is 4.77. The average molecular weight is 330 g/mol. The van der Waals surface area contributed by atoms with E-state index in [1.807, 2.05) is 28.7 Å². The minimum atomic E-state index is 0.176. The lowest BCUT2D eigenvalue weighted by atomic mass is 9.62. The van der Waals surface area contributed by atoms with E-state index in [1.54, 1.807) is 0 Å². The normalized spacial score (nSPS) is 22.5. The summed E-state index contributed by atoms with van der Waals surface area (Å²) >= 11 is 1.53. The van der Waals surface area contributed by atoms with E-state index in [-0.39, 0.29) is 11.3 Å². The van der Waals surface area contributed by atoms with Gasteiger partial charge in [-0.2, -0.15) is 0 Å². The number of aryl methyl sites for hydroxylation is 1. The van der Waals surface area contributed by atoms with Gasteiger partial charge in [0.1, 0.15) is 12.2 Å². The Labute approximate surface area is 140 Å². The van der Waals surface area contributed by atoms with E-state index < -0.39 is 0 Å². The van der Waals surface area contributed by atoms with Gasteiger partial charge in [0.05, 0.1) is 4.88 Å². The molecule has 1 aliphatic carbocycles. The van der Waals surface area contributed by atoms with Gasteiger partial charge >= 0.3 is 0 Å². The Balaban J connectivity index is 1.62. The van der Waals surface area contributed by atoms with Gasteiger partial charge in [0.2, 0.25) is 0 Å². The van der Waals surface area contributed by atoms with Gasteiger partial charge in [-0.15, -0.1) is 21.5 Å². The molecule has 3 heterocycles. The van der Waals surface area contributed by atoms with E-state index in [9.17, 15) is 4.79 Å². The van der Waals surface area contributed by atoms with Crippen LogP contribution in [0.1, 0.15) is 54.0 Å². The van der Waals surface area contributed by atoms with Gasteiger partial charge in [0.15, 0.2) is 0 Å². The molecular formula is C17H22N4OS. The number of nitrogens with zero attached hydrogens (tertiary/aromatic N) is 4. The zero-order chi connectivity index (χ0) is 15.9. The first kappa shape index (κ1) is 14.9. The van der Waals surface area contributed by atoms with Crippen molar-refractivity contribution >= 4 is 17.2 Å². The van der Waals surface area contributed by atoms with Crippen LogP contribution in [-0.4, -0.2) is 38.7 Å². The third kappa shape index (κ3) is 2.40. The standard InChI is InChI=1S/C17H22N4OS/c1-2-8-20-12-18-19-15(20)13-10-21(11-17(13)6-4-7-17)16(22)14-5-3-9-23-14/h3,5,9,12-13H,2,4,6-8,10-11H2,1H3. The van der Waals surface area contributed by atoms with E-state index in [0.717, 1.165) is 36.8 Å². The largest absolute Gasteiger partial charge is 0.337 e. The Kier molecular flexibility index (Phi) is 3.71. The average Bonchev–Trinajstić information content (AvgIpc) is 3.24. The Bertz CT molecular complexity index is 689. The Hall–Kier alpha value is -1.69. The minimum Gasteiger partial charge on any atom is -0.337 e. The smallest absolute Gasteiger partial charge is 0.263 e. The van der Waals surface area contributed by atoms with Gasteiger partial charge in [-0.3, -0.25) is 4.79 Å². The second-order valence-electron chi connectivity index (χ2n) is 6.81. The van der Waals surface area contributed by atoms with Crippen LogP contribution in [0.15, 0.2) is 23.8 Å². The molecule has 2 fully saturated rings. The molecule has 6 heteroatoms. The molecule has 1 amide bonds. The van der Waals surface area contributed by atoms with Gasteiger partial charge in [-0.25, -0.2) is 0 Å². The third-order valence-electron chi connectivity index (χ3n) is 5.44. The van der Waals surface area contributed by atoms with Crippen molar-refractivity contribution in [2.45, 2.75) is 45.1 Å². The maximum absolute atomic E-state index is 12.8. The van der Waals surface area contributed by atoms with Crippen molar-refractivity contribution in [3.05, 3.63) is 34.5 Å². The molecule has 2 aromatic rings. The number of rotatable bonds is 4. The zero-order valence-electron chi connectivity index (χ0n) is 13.4. The van der Waals surface area contributed by atoms with E-state index >= 15 is 0 Å². The molecule has 1 spiro atoms. The summed E-state index contributed by atoms with van der Waals surface area (Å²) in [5, 5.41) is 10.5. The molecule has 0 aromatic carbocycles. The fourth-order valence-corrected chi connectivity index (χ4v) is 4.81. The van der Waals surface area contributed by atoms with Crippen molar-refractivity contribution in [3.8, 4) is 0 Å². The monoisotopic (exact) mass is 330 g/mol.